The van der Waals surface area contributed by atoms with Gasteiger partial charge in [-0.05, 0) is 19.9 Å². The van der Waals surface area contributed by atoms with Crippen LogP contribution >= 0.6 is 11.3 Å². The fraction of sp³-hybridized carbons (Fsp3) is 0.357. The van der Waals surface area contributed by atoms with E-state index in [-0.39, 0.29) is 5.92 Å². The molecule has 0 bridgehead atoms. The summed E-state index contributed by atoms with van der Waals surface area (Å²) in [4.78, 5) is 18.1. The molecule has 2 heterocycles. The van der Waals surface area contributed by atoms with Crippen molar-refractivity contribution in [3.8, 4) is 6.07 Å². The number of hydrogen-bond donors (Lipinski definition) is 1. The Morgan fingerprint density at radius 2 is 2.48 bits per heavy atom. The van der Waals surface area contributed by atoms with E-state index in [9.17, 15) is 4.79 Å². The molecule has 0 aromatic carbocycles. The molecular weight excluding hydrogens is 288 g/mol. The van der Waals surface area contributed by atoms with Crippen molar-refractivity contribution in [2.45, 2.75) is 13.8 Å². The van der Waals surface area contributed by atoms with E-state index in [1.165, 1.54) is 11.3 Å². The Bertz CT molecular complexity index is 710. The second-order valence-electron chi connectivity index (χ2n) is 4.62. The third-order valence-corrected chi connectivity index (χ3v) is 3.82. The number of imidazole rings is 1. The van der Waals surface area contributed by atoms with E-state index in [1.54, 1.807) is 6.08 Å². The molecule has 0 aliphatic carbocycles. The third-order valence-electron chi connectivity index (χ3n) is 3.06. The summed E-state index contributed by atoms with van der Waals surface area (Å²) in [6, 6.07) is 2.21. The summed E-state index contributed by atoms with van der Waals surface area (Å²) < 4.78 is 1.86. The predicted molar refractivity (Wildman–Crippen MR) is 82.4 cm³/mol. The van der Waals surface area contributed by atoms with E-state index < -0.39 is 5.97 Å². The first kappa shape index (κ1) is 15.1. The molecule has 0 aliphatic rings. The Morgan fingerprint density at radius 3 is 3.10 bits per heavy atom. The van der Waals surface area contributed by atoms with Crippen LogP contribution in [0.25, 0.3) is 11.0 Å². The van der Waals surface area contributed by atoms with Gasteiger partial charge < -0.3 is 10.0 Å². The van der Waals surface area contributed by atoms with Crippen LogP contribution in [0.5, 0.6) is 0 Å². The van der Waals surface area contributed by atoms with Gasteiger partial charge in [-0.1, -0.05) is 0 Å². The number of anilines is 1. The summed E-state index contributed by atoms with van der Waals surface area (Å²) in [6.07, 6.45) is 4.51. The lowest BCUT2D eigenvalue weighted by atomic mass is 10.2. The summed E-state index contributed by atoms with van der Waals surface area (Å²) >= 11 is 1.49. The molecule has 0 spiro atoms. The topological polar surface area (TPSA) is 81.6 Å². The molecule has 0 saturated carbocycles. The van der Waals surface area contributed by atoms with E-state index in [0.717, 1.165) is 16.7 Å². The lowest BCUT2D eigenvalue weighted by Crippen LogP contribution is -2.28. The van der Waals surface area contributed by atoms with E-state index >= 15 is 0 Å². The van der Waals surface area contributed by atoms with Crippen LogP contribution in [-0.2, 0) is 4.79 Å². The zero-order valence-corrected chi connectivity index (χ0v) is 12.7. The Labute approximate surface area is 126 Å². The first-order chi connectivity index (χ1) is 10.1. The van der Waals surface area contributed by atoms with Crippen molar-refractivity contribution >= 4 is 34.2 Å². The Kier molecular flexibility index (Phi) is 4.60. The second-order valence-corrected chi connectivity index (χ2v) is 5.49. The summed E-state index contributed by atoms with van der Waals surface area (Å²) in [5, 5.41) is 19.7. The van der Waals surface area contributed by atoms with Crippen molar-refractivity contribution in [3.63, 3.8) is 0 Å². The number of carboxylic acid groups (broad SMARTS) is 1. The minimum atomic E-state index is -1.00. The fourth-order valence-electron chi connectivity index (χ4n) is 2.07. The van der Waals surface area contributed by atoms with Crippen LogP contribution in [0.3, 0.4) is 0 Å². The maximum atomic E-state index is 10.8. The van der Waals surface area contributed by atoms with Crippen LogP contribution < -0.4 is 4.90 Å². The van der Waals surface area contributed by atoms with Gasteiger partial charge >= 0.3 is 5.97 Å². The van der Waals surface area contributed by atoms with Gasteiger partial charge in [0.25, 0.3) is 0 Å². The van der Waals surface area contributed by atoms with Gasteiger partial charge in [-0.25, -0.2) is 9.78 Å². The van der Waals surface area contributed by atoms with Gasteiger partial charge in [-0.15, -0.1) is 11.3 Å². The van der Waals surface area contributed by atoms with Crippen molar-refractivity contribution < 1.29 is 9.90 Å². The SMILES string of the molecule is CCN(CC(C)C#N)c1nc2sccn2c1C=CC(=O)O. The Morgan fingerprint density at radius 1 is 1.71 bits per heavy atom. The smallest absolute Gasteiger partial charge is 0.328 e. The van der Waals surface area contributed by atoms with Crippen LogP contribution in [0, 0.1) is 17.2 Å². The highest BCUT2D eigenvalue weighted by Gasteiger charge is 2.18. The first-order valence-electron chi connectivity index (χ1n) is 6.58. The number of fused-ring (bicyclic) bond motifs is 1. The normalized spacial score (nSPS) is 12.6. The highest BCUT2D eigenvalue weighted by molar-refractivity contribution is 7.15. The summed E-state index contributed by atoms with van der Waals surface area (Å²) in [5.41, 5.74) is 0.723. The summed E-state index contributed by atoms with van der Waals surface area (Å²) in [5.74, 6) is -0.412. The van der Waals surface area contributed by atoms with Crippen LogP contribution in [0.2, 0.25) is 0 Å². The van der Waals surface area contributed by atoms with Crippen LogP contribution in [-0.4, -0.2) is 33.6 Å². The highest BCUT2D eigenvalue weighted by Crippen LogP contribution is 2.26. The predicted octanol–water partition coefficient (Wildman–Crippen LogP) is 2.48. The molecule has 7 heteroatoms. The number of nitrogens with zero attached hydrogens (tertiary/aromatic N) is 4. The molecule has 0 amide bonds. The molecule has 2 aromatic heterocycles. The minimum Gasteiger partial charge on any atom is -0.478 e. The van der Waals surface area contributed by atoms with Gasteiger partial charge in [0.1, 0.15) is 0 Å². The number of nitriles is 1. The Hall–Kier alpha value is -2.33. The molecule has 6 nitrogen and oxygen atoms in total. The van der Waals surface area contributed by atoms with Crippen LogP contribution in [0.4, 0.5) is 5.82 Å². The van der Waals surface area contributed by atoms with Crippen molar-refractivity contribution in [1.82, 2.24) is 9.38 Å². The number of aromatic nitrogens is 2. The summed E-state index contributed by atoms with van der Waals surface area (Å²) in [6.45, 7) is 5.10. The average molecular weight is 304 g/mol. The molecule has 0 saturated heterocycles. The van der Waals surface area contributed by atoms with E-state index in [0.29, 0.717) is 18.9 Å². The van der Waals surface area contributed by atoms with Crippen molar-refractivity contribution in [2.75, 3.05) is 18.0 Å². The Balaban J connectivity index is 2.46. The van der Waals surface area contributed by atoms with Gasteiger partial charge in [-0.2, -0.15) is 5.26 Å². The molecule has 0 fully saturated rings. The molecule has 1 N–H and O–H groups in total. The quantitative estimate of drug-likeness (QED) is 0.829. The zero-order valence-electron chi connectivity index (χ0n) is 11.9. The minimum absolute atomic E-state index is 0.124. The number of carbonyl (C=O) groups is 1. The highest BCUT2D eigenvalue weighted by atomic mass is 32.1. The molecule has 0 radical (unpaired) electrons. The van der Waals surface area contributed by atoms with Crippen LogP contribution in [0.1, 0.15) is 19.5 Å². The largest absolute Gasteiger partial charge is 0.478 e. The molecule has 1 atom stereocenters. The van der Waals surface area contributed by atoms with E-state index in [4.69, 9.17) is 10.4 Å². The average Bonchev–Trinajstić information content (AvgIpc) is 3.03. The van der Waals surface area contributed by atoms with Crippen molar-refractivity contribution in [2.24, 2.45) is 5.92 Å². The van der Waals surface area contributed by atoms with Crippen LogP contribution in [0.15, 0.2) is 17.7 Å². The maximum Gasteiger partial charge on any atom is 0.328 e. The van der Waals surface area contributed by atoms with Gasteiger partial charge in [0.15, 0.2) is 10.8 Å². The van der Waals surface area contributed by atoms with Gasteiger partial charge in [0, 0.05) is 30.7 Å². The monoisotopic (exact) mass is 304 g/mol. The lowest BCUT2D eigenvalue weighted by molar-refractivity contribution is -0.131. The molecule has 21 heavy (non-hydrogen) atoms. The first-order valence-corrected chi connectivity index (χ1v) is 7.45. The van der Waals surface area contributed by atoms with E-state index in [2.05, 4.69) is 11.1 Å². The third kappa shape index (κ3) is 3.23. The standard InChI is InChI=1S/C14H16N4O2S/c1-3-17(9-10(2)8-15)13-11(4-5-12(19)20)18-6-7-21-14(18)16-13/h4-7,10H,3,9H2,1-2H3,(H,19,20). The van der Waals surface area contributed by atoms with Gasteiger partial charge in [0.05, 0.1) is 17.7 Å². The van der Waals surface area contributed by atoms with Gasteiger partial charge in [-0.3, -0.25) is 4.40 Å². The zero-order chi connectivity index (χ0) is 15.4. The lowest BCUT2D eigenvalue weighted by Gasteiger charge is -2.22. The maximum absolute atomic E-state index is 10.8. The molecule has 2 rings (SSSR count). The second kappa shape index (κ2) is 6.41. The molecular formula is C14H16N4O2S. The van der Waals surface area contributed by atoms with Crippen molar-refractivity contribution in [3.05, 3.63) is 23.3 Å². The molecule has 110 valence electrons. The molecule has 1 unspecified atom stereocenters. The number of hydrogen-bond acceptors (Lipinski definition) is 5. The van der Waals surface area contributed by atoms with Gasteiger partial charge in [0.2, 0.25) is 0 Å². The number of thiazole rings is 1. The molecule has 2 aromatic rings. The number of carboxylic acids is 1. The summed E-state index contributed by atoms with van der Waals surface area (Å²) in [7, 11) is 0. The fourth-order valence-corrected chi connectivity index (χ4v) is 2.78. The number of rotatable bonds is 6. The molecule has 0 aliphatic heterocycles. The number of aliphatic carboxylic acids is 1. The van der Waals surface area contributed by atoms with E-state index in [1.807, 2.05) is 34.7 Å². The van der Waals surface area contributed by atoms with Crippen molar-refractivity contribution in [1.29, 1.82) is 5.26 Å².